The van der Waals surface area contributed by atoms with Crippen molar-refractivity contribution in [1.82, 2.24) is 10.2 Å². The summed E-state index contributed by atoms with van der Waals surface area (Å²) < 4.78 is 0. The average Bonchev–Trinajstić information content (AvgIpc) is 3.11. The van der Waals surface area contributed by atoms with Gasteiger partial charge >= 0.3 is 0 Å². The van der Waals surface area contributed by atoms with Gasteiger partial charge in [-0.05, 0) is 50.4 Å². The molecule has 2 nitrogen and oxygen atoms in total. The summed E-state index contributed by atoms with van der Waals surface area (Å²) in [4.78, 5) is 2.47. The van der Waals surface area contributed by atoms with E-state index in [1.807, 2.05) is 0 Å². The highest BCUT2D eigenvalue weighted by atomic mass is 15.2. The molecule has 0 saturated heterocycles. The fourth-order valence-corrected chi connectivity index (χ4v) is 2.29. The van der Waals surface area contributed by atoms with Gasteiger partial charge in [0.25, 0.3) is 0 Å². The molecule has 0 heterocycles. The molecule has 1 aromatic rings. The largest absolute Gasteiger partial charge is 0.311 e. The Morgan fingerprint density at radius 2 is 1.88 bits per heavy atom. The average molecular weight is 232 g/mol. The summed E-state index contributed by atoms with van der Waals surface area (Å²) in [6.45, 7) is 7.63. The van der Waals surface area contributed by atoms with Gasteiger partial charge in [0, 0.05) is 25.7 Å². The van der Waals surface area contributed by atoms with Crippen LogP contribution in [0.5, 0.6) is 0 Å². The Morgan fingerprint density at radius 1 is 1.24 bits per heavy atom. The Labute approximate surface area is 105 Å². The molecular weight excluding hydrogens is 208 g/mol. The summed E-state index contributed by atoms with van der Waals surface area (Å²) in [5, 5.41) is 3.56. The molecule has 2 heteroatoms. The molecule has 1 N–H and O–H groups in total. The van der Waals surface area contributed by atoms with E-state index in [2.05, 4.69) is 49.3 Å². The van der Waals surface area contributed by atoms with Gasteiger partial charge in [0.2, 0.25) is 0 Å². The van der Waals surface area contributed by atoms with Crippen molar-refractivity contribution in [1.29, 1.82) is 0 Å². The maximum Gasteiger partial charge on any atom is 0.0211 e. The summed E-state index contributed by atoms with van der Waals surface area (Å²) in [6.07, 6.45) is 2.79. The molecule has 1 aliphatic carbocycles. The molecule has 0 bridgehead atoms. The molecule has 1 aliphatic rings. The molecule has 94 valence electrons. The van der Waals surface area contributed by atoms with Crippen LogP contribution < -0.4 is 5.32 Å². The fourth-order valence-electron chi connectivity index (χ4n) is 2.29. The third-order valence-electron chi connectivity index (χ3n) is 3.76. The standard InChI is InChI=1S/C15H24N2/c1-12-5-4-6-13(2)15(12)11-16-9-10-17(3)14-7-8-14/h4-6,14,16H,7-11H2,1-3H3. The van der Waals surface area contributed by atoms with Crippen molar-refractivity contribution in [3.8, 4) is 0 Å². The van der Waals surface area contributed by atoms with Crippen LogP contribution in [0.15, 0.2) is 18.2 Å². The van der Waals surface area contributed by atoms with Crippen LogP contribution in [0.25, 0.3) is 0 Å². The number of benzene rings is 1. The first-order valence-electron chi connectivity index (χ1n) is 6.64. The fraction of sp³-hybridized carbons (Fsp3) is 0.600. The van der Waals surface area contributed by atoms with E-state index < -0.39 is 0 Å². The first kappa shape index (κ1) is 12.6. The van der Waals surface area contributed by atoms with E-state index in [-0.39, 0.29) is 0 Å². The second-order valence-electron chi connectivity index (χ2n) is 5.26. The molecule has 0 aliphatic heterocycles. The van der Waals surface area contributed by atoms with E-state index in [4.69, 9.17) is 0 Å². The number of rotatable bonds is 6. The Bertz CT molecular complexity index is 349. The predicted octanol–water partition coefficient (Wildman–Crippen LogP) is 2.49. The quantitative estimate of drug-likeness (QED) is 0.758. The van der Waals surface area contributed by atoms with Gasteiger partial charge < -0.3 is 10.2 Å². The van der Waals surface area contributed by atoms with Gasteiger partial charge in [-0.1, -0.05) is 18.2 Å². The summed E-state index contributed by atoms with van der Waals surface area (Å²) in [5.41, 5.74) is 4.25. The zero-order valence-electron chi connectivity index (χ0n) is 11.3. The van der Waals surface area contributed by atoms with Crippen LogP contribution in [-0.4, -0.2) is 31.1 Å². The predicted molar refractivity (Wildman–Crippen MR) is 73.3 cm³/mol. The third kappa shape index (κ3) is 3.55. The first-order chi connectivity index (χ1) is 8.18. The minimum absolute atomic E-state index is 0.872. The lowest BCUT2D eigenvalue weighted by molar-refractivity contribution is 0.321. The number of nitrogens with one attached hydrogen (secondary N) is 1. The normalized spacial score (nSPS) is 15.5. The molecule has 1 saturated carbocycles. The number of likely N-dealkylation sites (N-methyl/N-ethyl adjacent to an activating group) is 1. The van der Waals surface area contributed by atoms with Crippen LogP contribution in [0.2, 0.25) is 0 Å². The second-order valence-corrected chi connectivity index (χ2v) is 5.26. The highest BCUT2D eigenvalue weighted by Crippen LogP contribution is 2.24. The topological polar surface area (TPSA) is 15.3 Å². The summed E-state index contributed by atoms with van der Waals surface area (Å²) in [5.74, 6) is 0. The van der Waals surface area contributed by atoms with Crippen molar-refractivity contribution < 1.29 is 0 Å². The zero-order valence-corrected chi connectivity index (χ0v) is 11.3. The molecule has 1 aromatic carbocycles. The highest BCUT2D eigenvalue weighted by molar-refractivity contribution is 5.33. The van der Waals surface area contributed by atoms with Crippen LogP contribution >= 0.6 is 0 Å². The Balaban J connectivity index is 1.74. The zero-order chi connectivity index (χ0) is 12.3. The number of hydrogen-bond donors (Lipinski definition) is 1. The van der Waals surface area contributed by atoms with Gasteiger partial charge in [-0.2, -0.15) is 0 Å². The smallest absolute Gasteiger partial charge is 0.0211 e. The molecule has 0 aromatic heterocycles. The Hall–Kier alpha value is -0.860. The van der Waals surface area contributed by atoms with Crippen molar-refractivity contribution in [2.75, 3.05) is 20.1 Å². The van der Waals surface area contributed by atoms with Crippen molar-refractivity contribution in [3.63, 3.8) is 0 Å². The molecular formula is C15H24N2. The van der Waals surface area contributed by atoms with Crippen LogP contribution in [-0.2, 0) is 6.54 Å². The van der Waals surface area contributed by atoms with Crippen molar-refractivity contribution in [2.45, 2.75) is 39.3 Å². The van der Waals surface area contributed by atoms with E-state index in [9.17, 15) is 0 Å². The lowest BCUT2D eigenvalue weighted by Crippen LogP contribution is -2.30. The van der Waals surface area contributed by atoms with Crippen LogP contribution in [0.3, 0.4) is 0 Å². The van der Waals surface area contributed by atoms with E-state index in [0.29, 0.717) is 0 Å². The third-order valence-corrected chi connectivity index (χ3v) is 3.76. The molecule has 17 heavy (non-hydrogen) atoms. The first-order valence-corrected chi connectivity index (χ1v) is 6.64. The molecule has 1 fully saturated rings. The molecule has 0 radical (unpaired) electrons. The number of nitrogens with zero attached hydrogens (tertiary/aromatic N) is 1. The highest BCUT2D eigenvalue weighted by Gasteiger charge is 2.25. The SMILES string of the molecule is Cc1cccc(C)c1CNCCN(C)C1CC1. The van der Waals surface area contributed by atoms with Gasteiger partial charge in [-0.15, -0.1) is 0 Å². The minimum atomic E-state index is 0.872. The van der Waals surface area contributed by atoms with E-state index in [0.717, 1.165) is 25.7 Å². The van der Waals surface area contributed by atoms with Crippen LogP contribution in [0.4, 0.5) is 0 Å². The monoisotopic (exact) mass is 232 g/mol. The number of hydrogen-bond acceptors (Lipinski definition) is 2. The maximum atomic E-state index is 3.56. The Kier molecular flexibility index (Phi) is 4.19. The summed E-state index contributed by atoms with van der Waals surface area (Å²) in [6, 6.07) is 7.40. The van der Waals surface area contributed by atoms with Gasteiger partial charge in [0.15, 0.2) is 0 Å². The molecule has 0 amide bonds. The van der Waals surface area contributed by atoms with Gasteiger partial charge in [-0.3, -0.25) is 0 Å². The van der Waals surface area contributed by atoms with Crippen molar-refractivity contribution in [2.24, 2.45) is 0 Å². The summed E-state index contributed by atoms with van der Waals surface area (Å²) >= 11 is 0. The van der Waals surface area contributed by atoms with Gasteiger partial charge in [0.05, 0.1) is 0 Å². The molecule has 2 rings (SSSR count). The summed E-state index contributed by atoms with van der Waals surface area (Å²) in [7, 11) is 2.23. The molecule has 0 spiro atoms. The maximum absolute atomic E-state index is 3.56. The van der Waals surface area contributed by atoms with Crippen molar-refractivity contribution >= 4 is 0 Å². The lowest BCUT2D eigenvalue weighted by atomic mass is 10.0. The van der Waals surface area contributed by atoms with Gasteiger partial charge in [0.1, 0.15) is 0 Å². The number of aryl methyl sites for hydroxylation is 2. The van der Waals surface area contributed by atoms with Crippen molar-refractivity contribution in [3.05, 3.63) is 34.9 Å². The second kappa shape index (κ2) is 5.65. The van der Waals surface area contributed by atoms with E-state index in [1.165, 1.54) is 29.5 Å². The van der Waals surface area contributed by atoms with E-state index in [1.54, 1.807) is 0 Å². The molecule has 0 unspecified atom stereocenters. The van der Waals surface area contributed by atoms with E-state index >= 15 is 0 Å². The van der Waals surface area contributed by atoms with Crippen LogP contribution in [0.1, 0.15) is 29.5 Å². The van der Waals surface area contributed by atoms with Crippen LogP contribution in [0, 0.1) is 13.8 Å². The minimum Gasteiger partial charge on any atom is -0.311 e. The molecule has 0 atom stereocenters. The Morgan fingerprint density at radius 3 is 2.47 bits per heavy atom. The van der Waals surface area contributed by atoms with Gasteiger partial charge in [-0.25, -0.2) is 0 Å². The lowest BCUT2D eigenvalue weighted by Gasteiger charge is -2.16.